The van der Waals surface area contributed by atoms with Crippen molar-refractivity contribution in [1.82, 2.24) is 4.90 Å². The Morgan fingerprint density at radius 3 is 2.36 bits per heavy atom. The Morgan fingerprint density at radius 1 is 1.08 bits per heavy atom. The Labute approximate surface area is 149 Å². The molecule has 1 atom stereocenters. The van der Waals surface area contributed by atoms with E-state index in [1.807, 2.05) is 42.2 Å². The standard InChI is InChI=1S/C19H28N4O2/c1-16(19(25)20-17-7-3-2-4-8-17)22-13-11-21(12-14-22)15-18(24)23-9-5-6-10-23/h2-4,7-8,16H,5-6,9-15H2,1H3,(H,20,25)/p+2/t16-/m0/s1. The SMILES string of the molecule is C[C@@H](C(=O)Nc1ccccc1)[NH+]1CC[NH+](CC(=O)N2CCCC2)CC1. The largest absolute Gasteiger partial charge is 0.338 e. The Kier molecular flexibility index (Phi) is 6.04. The molecule has 0 radical (unpaired) electrons. The molecule has 0 aromatic heterocycles. The molecular weight excluding hydrogens is 316 g/mol. The van der Waals surface area contributed by atoms with Crippen molar-refractivity contribution < 1.29 is 19.4 Å². The van der Waals surface area contributed by atoms with E-state index in [-0.39, 0.29) is 11.9 Å². The molecule has 1 aromatic rings. The minimum Gasteiger partial charge on any atom is -0.338 e. The quantitative estimate of drug-likeness (QED) is 0.603. The predicted octanol–water partition coefficient (Wildman–Crippen LogP) is -1.58. The van der Waals surface area contributed by atoms with Crippen LogP contribution in [0, 0.1) is 0 Å². The first-order chi connectivity index (χ1) is 12.1. The number of nitrogens with zero attached hydrogens (tertiary/aromatic N) is 1. The van der Waals surface area contributed by atoms with E-state index in [0.717, 1.165) is 57.8 Å². The highest BCUT2D eigenvalue weighted by Gasteiger charge is 2.32. The van der Waals surface area contributed by atoms with Gasteiger partial charge in [0, 0.05) is 18.8 Å². The summed E-state index contributed by atoms with van der Waals surface area (Å²) in [4.78, 5) is 29.4. The van der Waals surface area contributed by atoms with E-state index < -0.39 is 0 Å². The molecule has 6 heteroatoms. The van der Waals surface area contributed by atoms with Crippen molar-refractivity contribution in [3.8, 4) is 0 Å². The van der Waals surface area contributed by atoms with E-state index in [4.69, 9.17) is 0 Å². The number of anilines is 1. The normalized spacial score (nSPS) is 24.8. The molecule has 2 saturated heterocycles. The van der Waals surface area contributed by atoms with Crippen LogP contribution >= 0.6 is 0 Å². The number of carbonyl (C=O) groups is 2. The van der Waals surface area contributed by atoms with Gasteiger partial charge in [-0.25, -0.2) is 0 Å². The maximum absolute atomic E-state index is 12.4. The van der Waals surface area contributed by atoms with E-state index in [1.165, 1.54) is 9.80 Å². The van der Waals surface area contributed by atoms with Crippen molar-refractivity contribution in [2.45, 2.75) is 25.8 Å². The molecule has 2 heterocycles. The van der Waals surface area contributed by atoms with Crippen molar-refractivity contribution >= 4 is 17.5 Å². The van der Waals surface area contributed by atoms with Gasteiger partial charge in [-0.15, -0.1) is 0 Å². The minimum atomic E-state index is -0.0731. The van der Waals surface area contributed by atoms with E-state index >= 15 is 0 Å². The van der Waals surface area contributed by atoms with Gasteiger partial charge in [0.15, 0.2) is 12.6 Å². The molecule has 2 aliphatic heterocycles. The monoisotopic (exact) mass is 346 g/mol. The number of benzene rings is 1. The van der Waals surface area contributed by atoms with Crippen LogP contribution in [0.25, 0.3) is 0 Å². The number of rotatable bonds is 5. The molecule has 25 heavy (non-hydrogen) atoms. The summed E-state index contributed by atoms with van der Waals surface area (Å²) in [6.45, 7) is 8.25. The molecule has 1 aromatic carbocycles. The lowest BCUT2D eigenvalue weighted by Gasteiger charge is -2.32. The van der Waals surface area contributed by atoms with Gasteiger partial charge in [-0.3, -0.25) is 9.59 Å². The third-order valence-electron chi connectivity index (χ3n) is 5.51. The Hall–Kier alpha value is -1.92. The molecule has 2 fully saturated rings. The zero-order valence-corrected chi connectivity index (χ0v) is 15.1. The van der Waals surface area contributed by atoms with Crippen molar-refractivity contribution in [2.75, 3.05) is 51.1 Å². The molecule has 3 rings (SSSR count). The van der Waals surface area contributed by atoms with E-state index in [0.29, 0.717) is 12.5 Å². The molecule has 2 aliphatic rings. The summed E-state index contributed by atoms with van der Waals surface area (Å²) >= 11 is 0. The van der Waals surface area contributed by atoms with Gasteiger partial charge in [0.25, 0.3) is 11.8 Å². The van der Waals surface area contributed by atoms with Gasteiger partial charge >= 0.3 is 0 Å². The molecule has 6 nitrogen and oxygen atoms in total. The third-order valence-corrected chi connectivity index (χ3v) is 5.51. The van der Waals surface area contributed by atoms with E-state index in [1.54, 1.807) is 0 Å². The van der Waals surface area contributed by atoms with Crippen LogP contribution in [0.2, 0.25) is 0 Å². The van der Waals surface area contributed by atoms with Crippen LogP contribution in [-0.2, 0) is 9.59 Å². The van der Waals surface area contributed by atoms with Crippen molar-refractivity contribution in [1.29, 1.82) is 0 Å². The smallest absolute Gasteiger partial charge is 0.282 e. The summed E-state index contributed by atoms with van der Waals surface area (Å²) in [5, 5.41) is 2.99. The first kappa shape index (κ1) is 17.9. The fourth-order valence-corrected chi connectivity index (χ4v) is 3.78. The summed E-state index contributed by atoms with van der Waals surface area (Å²) in [6.07, 6.45) is 2.29. The molecule has 0 bridgehead atoms. The Balaban J connectivity index is 1.43. The van der Waals surface area contributed by atoms with Gasteiger partial charge in [-0.05, 0) is 31.9 Å². The molecular formula is C19H30N4O2+2. The van der Waals surface area contributed by atoms with Gasteiger partial charge < -0.3 is 20.0 Å². The molecule has 136 valence electrons. The number of hydrogen-bond acceptors (Lipinski definition) is 2. The van der Waals surface area contributed by atoms with E-state index in [9.17, 15) is 9.59 Å². The van der Waals surface area contributed by atoms with Crippen LogP contribution in [0.15, 0.2) is 30.3 Å². The highest BCUT2D eigenvalue weighted by molar-refractivity contribution is 5.93. The zero-order valence-electron chi connectivity index (χ0n) is 15.1. The first-order valence-corrected chi connectivity index (χ1v) is 9.45. The maximum Gasteiger partial charge on any atom is 0.282 e. The van der Waals surface area contributed by atoms with Crippen molar-refractivity contribution in [3.05, 3.63) is 30.3 Å². The lowest BCUT2D eigenvalue weighted by molar-refractivity contribution is -1.01. The van der Waals surface area contributed by atoms with Gasteiger partial charge in [-0.2, -0.15) is 0 Å². The summed E-state index contributed by atoms with van der Waals surface area (Å²) in [5.41, 5.74) is 0.847. The van der Waals surface area contributed by atoms with Gasteiger partial charge in [0.2, 0.25) is 0 Å². The second-order valence-electron chi connectivity index (χ2n) is 7.25. The fourth-order valence-electron chi connectivity index (χ4n) is 3.78. The third kappa shape index (κ3) is 4.80. The van der Waals surface area contributed by atoms with Crippen LogP contribution in [0.4, 0.5) is 5.69 Å². The second-order valence-corrected chi connectivity index (χ2v) is 7.25. The molecule has 0 saturated carbocycles. The van der Waals surface area contributed by atoms with Crippen LogP contribution < -0.4 is 15.1 Å². The average Bonchev–Trinajstić information content (AvgIpc) is 3.17. The van der Waals surface area contributed by atoms with Gasteiger partial charge in [-0.1, -0.05) is 18.2 Å². The van der Waals surface area contributed by atoms with Gasteiger partial charge in [0.1, 0.15) is 26.2 Å². The summed E-state index contributed by atoms with van der Waals surface area (Å²) in [7, 11) is 0. The second kappa shape index (κ2) is 8.45. The van der Waals surface area contributed by atoms with Crippen LogP contribution in [-0.4, -0.2) is 68.6 Å². The lowest BCUT2D eigenvalue weighted by Crippen LogP contribution is -3.30. The number of quaternary nitrogens is 2. The number of carbonyl (C=O) groups excluding carboxylic acids is 2. The average molecular weight is 346 g/mol. The zero-order chi connectivity index (χ0) is 17.6. The summed E-state index contributed by atoms with van der Waals surface area (Å²) in [5.74, 6) is 0.364. The number of likely N-dealkylation sites (tertiary alicyclic amines) is 1. The highest BCUT2D eigenvalue weighted by Crippen LogP contribution is 2.06. The number of amides is 2. The molecule has 0 aliphatic carbocycles. The maximum atomic E-state index is 12.4. The lowest BCUT2D eigenvalue weighted by atomic mass is 10.2. The molecule has 3 N–H and O–H groups in total. The molecule has 0 spiro atoms. The van der Waals surface area contributed by atoms with Crippen molar-refractivity contribution in [2.24, 2.45) is 0 Å². The van der Waals surface area contributed by atoms with Crippen molar-refractivity contribution in [3.63, 3.8) is 0 Å². The highest BCUT2D eigenvalue weighted by atomic mass is 16.2. The Morgan fingerprint density at radius 2 is 1.72 bits per heavy atom. The van der Waals surface area contributed by atoms with E-state index in [2.05, 4.69) is 5.32 Å². The Bertz CT molecular complexity index is 578. The molecule has 0 unspecified atom stereocenters. The molecule has 2 amide bonds. The van der Waals surface area contributed by atoms with Crippen LogP contribution in [0.3, 0.4) is 0 Å². The van der Waals surface area contributed by atoms with Gasteiger partial charge in [0.05, 0.1) is 0 Å². The number of para-hydroxylation sites is 1. The fraction of sp³-hybridized carbons (Fsp3) is 0.579. The first-order valence-electron chi connectivity index (χ1n) is 9.45. The number of piperazine rings is 1. The number of nitrogens with one attached hydrogen (secondary N) is 3. The summed E-state index contributed by atoms with van der Waals surface area (Å²) in [6, 6.07) is 9.53. The summed E-state index contributed by atoms with van der Waals surface area (Å²) < 4.78 is 0. The topological polar surface area (TPSA) is 58.3 Å². The van der Waals surface area contributed by atoms with Crippen LogP contribution in [0.1, 0.15) is 19.8 Å². The van der Waals surface area contributed by atoms with Crippen LogP contribution in [0.5, 0.6) is 0 Å². The number of hydrogen-bond donors (Lipinski definition) is 3. The predicted molar refractivity (Wildman–Crippen MR) is 96.6 cm³/mol. The minimum absolute atomic E-state index is 0.0674.